The highest BCUT2D eigenvalue weighted by atomic mass is 35.5. The van der Waals surface area contributed by atoms with Crippen LogP contribution < -0.4 is 5.32 Å². The molecule has 2 fully saturated rings. The first-order valence-electron chi connectivity index (χ1n) is 8.55. The number of nitrogens with zero attached hydrogens (tertiary/aromatic N) is 2. The lowest BCUT2D eigenvalue weighted by Gasteiger charge is -2.40. The quantitative estimate of drug-likeness (QED) is 0.617. The number of nitro benzene ring substituents is 1. The molecule has 0 aromatic heterocycles. The fraction of sp³-hybridized carbons (Fsp3) is 0.647. The predicted octanol–water partition coefficient (Wildman–Crippen LogP) is 4.10. The van der Waals surface area contributed by atoms with E-state index in [4.69, 9.17) is 0 Å². The van der Waals surface area contributed by atoms with Crippen LogP contribution >= 0.6 is 24.8 Å². The summed E-state index contributed by atoms with van der Waals surface area (Å²) in [7, 11) is 0. The fourth-order valence-electron chi connectivity index (χ4n) is 4.09. The first-order valence-corrected chi connectivity index (χ1v) is 8.55. The van der Waals surface area contributed by atoms with Crippen molar-refractivity contribution in [3.05, 3.63) is 39.7 Å². The van der Waals surface area contributed by atoms with Gasteiger partial charge in [-0.3, -0.25) is 15.0 Å². The van der Waals surface area contributed by atoms with Crippen LogP contribution in [-0.4, -0.2) is 36.0 Å². The van der Waals surface area contributed by atoms with Gasteiger partial charge >= 0.3 is 0 Å². The van der Waals surface area contributed by atoms with Crippen molar-refractivity contribution in [1.82, 2.24) is 10.2 Å². The summed E-state index contributed by atoms with van der Waals surface area (Å²) < 4.78 is 13.9. The number of nitro groups is 1. The SMILES string of the molecule is Cl.Cl.O=[N+]([O-])c1ccc(F)cc1[C@H](C1CCCCC1)N1CCNCC1. The average molecular weight is 394 g/mol. The van der Waals surface area contributed by atoms with E-state index in [2.05, 4.69) is 10.2 Å². The van der Waals surface area contributed by atoms with Gasteiger partial charge in [-0.05, 0) is 30.9 Å². The van der Waals surface area contributed by atoms with Crippen LogP contribution in [0.1, 0.15) is 43.7 Å². The van der Waals surface area contributed by atoms with E-state index in [1.165, 1.54) is 24.6 Å². The molecule has 3 rings (SSSR count). The third-order valence-electron chi connectivity index (χ3n) is 5.15. The molecule has 0 radical (unpaired) electrons. The first-order chi connectivity index (χ1) is 11.2. The Labute approximate surface area is 160 Å². The van der Waals surface area contributed by atoms with Crippen molar-refractivity contribution in [2.24, 2.45) is 5.92 Å². The third kappa shape index (κ3) is 5.26. The summed E-state index contributed by atoms with van der Waals surface area (Å²) in [5, 5.41) is 14.8. The maximum atomic E-state index is 13.9. The van der Waals surface area contributed by atoms with E-state index in [0.717, 1.165) is 51.9 Å². The van der Waals surface area contributed by atoms with Gasteiger partial charge in [-0.1, -0.05) is 19.3 Å². The summed E-state index contributed by atoms with van der Waals surface area (Å²) >= 11 is 0. The molecule has 1 heterocycles. The zero-order valence-electron chi connectivity index (χ0n) is 14.2. The zero-order valence-corrected chi connectivity index (χ0v) is 15.8. The van der Waals surface area contributed by atoms with Gasteiger partial charge in [0.05, 0.1) is 10.5 Å². The minimum absolute atomic E-state index is 0. The molecular weight excluding hydrogens is 368 g/mol. The summed E-state index contributed by atoms with van der Waals surface area (Å²) in [6, 6.07) is 3.85. The molecule has 1 aliphatic carbocycles. The van der Waals surface area contributed by atoms with Crippen molar-refractivity contribution in [2.45, 2.75) is 38.1 Å². The molecule has 1 aromatic carbocycles. The Morgan fingerprint density at radius 1 is 1.16 bits per heavy atom. The minimum Gasteiger partial charge on any atom is -0.314 e. The van der Waals surface area contributed by atoms with E-state index in [-0.39, 0.29) is 47.3 Å². The predicted molar refractivity (Wildman–Crippen MR) is 101 cm³/mol. The second kappa shape index (κ2) is 10.3. The van der Waals surface area contributed by atoms with Gasteiger partial charge in [0, 0.05) is 38.3 Å². The van der Waals surface area contributed by atoms with Crippen LogP contribution in [0, 0.1) is 21.8 Å². The van der Waals surface area contributed by atoms with Crippen molar-refractivity contribution in [3.8, 4) is 0 Å². The van der Waals surface area contributed by atoms with E-state index in [1.807, 2.05) is 0 Å². The van der Waals surface area contributed by atoms with Crippen LogP contribution in [0.15, 0.2) is 18.2 Å². The fourth-order valence-corrected chi connectivity index (χ4v) is 4.09. The third-order valence-corrected chi connectivity index (χ3v) is 5.15. The van der Waals surface area contributed by atoms with Crippen LogP contribution in [-0.2, 0) is 0 Å². The van der Waals surface area contributed by atoms with Crippen molar-refractivity contribution in [2.75, 3.05) is 26.2 Å². The lowest BCUT2D eigenvalue weighted by molar-refractivity contribution is -0.386. The van der Waals surface area contributed by atoms with Gasteiger partial charge in [-0.15, -0.1) is 24.8 Å². The standard InChI is InChI=1S/C17H24FN3O2.2ClH/c18-14-6-7-16(21(22)23)15(12-14)17(13-4-2-1-3-5-13)20-10-8-19-9-11-20;;/h6-7,12-13,17,19H,1-5,8-11H2;2*1H/t17-;;/m0../s1. The summed E-state index contributed by atoms with van der Waals surface area (Å²) in [5.74, 6) is -0.0103. The van der Waals surface area contributed by atoms with E-state index >= 15 is 0 Å². The summed E-state index contributed by atoms with van der Waals surface area (Å²) in [4.78, 5) is 13.4. The number of piperazine rings is 1. The first kappa shape index (κ1) is 22.1. The van der Waals surface area contributed by atoms with Crippen LogP contribution in [0.25, 0.3) is 0 Å². The smallest absolute Gasteiger partial charge is 0.274 e. The number of halogens is 3. The van der Waals surface area contributed by atoms with Gasteiger partial charge in [0.2, 0.25) is 0 Å². The number of benzene rings is 1. The monoisotopic (exact) mass is 393 g/mol. The molecule has 0 spiro atoms. The second-order valence-electron chi connectivity index (χ2n) is 6.59. The summed E-state index contributed by atoms with van der Waals surface area (Å²) in [6.45, 7) is 3.47. The highest BCUT2D eigenvalue weighted by Crippen LogP contribution is 2.41. The number of rotatable bonds is 4. The minimum atomic E-state index is -0.387. The van der Waals surface area contributed by atoms with Crippen LogP contribution in [0.3, 0.4) is 0 Å². The Balaban J connectivity index is 0.00000156. The van der Waals surface area contributed by atoms with Gasteiger partial charge < -0.3 is 5.32 Å². The van der Waals surface area contributed by atoms with E-state index in [1.54, 1.807) is 0 Å². The van der Waals surface area contributed by atoms with Gasteiger partial charge in [-0.2, -0.15) is 0 Å². The van der Waals surface area contributed by atoms with Crippen molar-refractivity contribution < 1.29 is 9.31 Å². The number of hydrogen-bond acceptors (Lipinski definition) is 4. The Kier molecular flexibility index (Phi) is 9.07. The molecule has 0 bridgehead atoms. The van der Waals surface area contributed by atoms with Crippen LogP contribution in [0.4, 0.5) is 10.1 Å². The van der Waals surface area contributed by atoms with Crippen LogP contribution in [0.5, 0.6) is 0 Å². The van der Waals surface area contributed by atoms with Crippen molar-refractivity contribution in [1.29, 1.82) is 0 Å². The van der Waals surface area contributed by atoms with Crippen molar-refractivity contribution in [3.63, 3.8) is 0 Å². The molecule has 1 N–H and O–H groups in total. The van der Waals surface area contributed by atoms with Crippen molar-refractivity contribution >= 4 is 30.5 Å². The summed E-state index contributed by atoms with van der Waals surface area (Å²) in [6.07, 6.45) is 5.70. The normalized spacial score (nSPS) is 20.2. The molecule has 2 aliphatic rings. The van der Waals surface area contributed by atoms with Gasteiger partial charge in [0.25, 0.3) is 5.69 Å². The molecule has 1 aliphatic heterocycles. The topological polar surface area (TPSA) is 58.4 Å². The molecular formula is C17H26Cl2FN3O2. The lowest BCUT2D eigenvalue weighted by atomic mass is 9.79. The molecule has 1 aromatic rings. The van der Waals surface area contributed by atoms with E-state index in [0.29, 0.717) is 11.5 Å². The Bertz CT molecular complexity index is 547. The molecule has 25 heavy (non-hydrogen) atoms. The van der Waals surface area contributed by atoms with Crippen LogP contribution in [0.2, 0.25) is 0 Å². The molecule has 0 amide bonds. The molecule has 8 heteroatoms. The maximum absolute atomic E-state index is 13.9. The second-order valence-corrected chi connectivity index (χ2v) is 6.59. The lowest BCUT2D eigenvalue weighted by Crippen LogP contribution is -2.47. The number of nitrogens with one attached hydrogen (secondary N) is 1. The number of hydrogen-bond donors (Lipinski definition) is 1. The summed E-state index contributed by atoms with van der Waals surface area (Å²) in [5.41, 5.74) is 0.615. The molecule has 0 unspecified atom stereocenters. The largest absolute Gasteiger partial charge is 0.314 e. The highest BCUT2D eigenvalue weighted by Gasteiger charge is 2.35. The zero-order chi connectivity index (χ0) is 16.2. The molecule has 142 valence electrons. The Hall–Kier alpha value is -0.950. The molecule has 1 saturated carbocycles. The Morgan fingerprint density at radius 2 is 1.80 bits per heavy atom. The van der Waals surface area contributed by atoms with Gasteiger partial charge in [0.15, 0.2) is 0 Å². The maximum Gasteiger partial charge on any atom is 0.274 e. The Morgan fingerprint density at radius 3 is 2.40 bits per heavy atom. The highest BCUT2D eigenvalue weighted by molar-refractivity contribution is 5.85. The molecule has 5 nitrogen and oxygen atoms in total. The molecule has 1 saturated heterocycles. The van der Waals surface area contributed by atoms with Gasteiger partial charge in [0.1, 0.15) is 5.82 Å². The van der Waals surface area contributed by atoms with Gasteiger partial charge in [-0.25, -0.2) is 4.39 Å². The van der Waals surface area contributed by atoms with E-state index < -0.39 is 0 Å². The average Bonchev–Trinajstić information content (AvgIpc) is 2.57. The molecule has 1 atom stereocenters. The van der Waals surface area contributed by atoms with E-state index in [9.17, 15) is 14.5 Å².